The number of aromatic nitrogens is 1. The molecule has 0 fully saturated rings. The van der Waals surface area contributed by atoms with Crippen LogP contribution in [0.5, 0.6) is 0 Å². The Morgan fingerprint density at radius 3 is 2.85 bits per heavy atom. The molecule has 0 bridgehead atoms. The van der Waals surface area contributed by atoms with E-state index in [-0.39, 0.29) is 20.5 Å². The Hall–Kier alpha value is -1.91. The molecule has 20 heavy (non-hydrogen) atoms. The van der Waals surface area contributed by atoms with Gasteiger partial charge in [-0.15, -0.1) is 0 Å². The highest BCUT2D eigenvalue weighted by Crippen LogP contribution is 2.33. The van der Waals surface area contributed by atoms with Crippen molar-refractivity contribution in [2.75, 3.05) is 0 Å². The second-order valence-corrected chi connectivity index (χ2v) is 5.50. The van der Waals surface area contributed by atoms with E-state index in [2.05, 4.69) is 20.9 Å². The Morgan fingerprint density at radius 2 is 2.20 bits per heavy atom. The molecule has 7 heteroatoms. The number of hydrogen-bond acceptors (Lipinski definition) is 4. The first-order chi connectivity index (χ1) is 9.52. The second-order valence-electron chi connectivity index (χ2n) is 3.64. The standard InChI is InChI=1S/C13H6BrFN2O2S/c14-11-8(6-16)1-2-9(12(11)15)20-10-5-7(13(18)19)3-4-17-10/h1-5H,(H,18,19). The Labute approximate surface area is 126 Å². The SMILES string of the molecule is N#Cc1ccc(Sc2cc(C(=O)O)ccn2)c(F)c1Br. The van der Waals surface area contributed by atoms with Gasteiger partial charge < -0.3 is 5.11 Å². The van der Waals surface area contributed by atoms with Crippen molar-refractivity contribution in [2.24, 2.45) is 0 Å². The van der Waals surface area contributed by atoms with Gasteiger partial charge in [-0.05, 0) is 40.2 Å². The molecular formula is C13H6BrFN2O2S. The number of carboxylic acids is 1. The minimum atomic E-state index is -1.07. The average molecular weight is 353 g/mol. The summed E-state index contributed by atoms with van der Waals surface area (Å²) in [5, 5.41) is 18.0. The van der Waals surface area contributed by atoms with Gasteiger partial charge in [0.25, 0.3) is 0 Å². The minimum Gasteiger partial charge on any atom is -0.478 e. The molecule has 0 spiro atoms. The highest BCUT2D eigenvalue weighted by molar-refractivity contribution is 9.10. The number of pyridine rings is 1. The zero-order chi connectivity index (χ0) is 14.7. The van der Waals surface area contributed by atoms with E-state index in [9.17, 15) is 9.18 Å². The van der Waals surface area contributed by atoms with Gasteiger partial charge in [-0.2, -0.15) is 5.26 Å². The first-order valence-corrected chi connectivity index (χ1v) is 6.89. The Bertz CT molecular complexity index is 731. The van der Waals surface area contributed by atoms with Crippen LogP contribution in [0.1, 0.15) is 15.9 Å². The van der Waals surface area contributed by atoms with Crippen LogP contribution in [0.4, 0.5) is 4.39 Å². The number of carboxylic acid groups (broad SMARTS) is 1. The lowest BCUT2D eigenvalue weighted by Gasteiger charge is -2.05. The summed E-state index contributed by atoms with van der Waals surface area (Å²) in [7, 11) is 0. The van der Waals surface area contributed by atoms with Crippen LogP contribution in [-0.4, -0.2) is 16.1 Å². The summed E-state index contributed by atoms with van der Waals surface area (Å²) in [5.74, 6) is -1.65. The number of hydrogen-bond donors (Lipinski definition) is 1. The third-order valence-electron chi connectivity index (χ3n) is 2.36. The quantitative estimate of drug-likeness (QED) is 0.911. The molecule has 0 amide bonds. The molecule has 0 aliphatic carbocycles. The molecule has 4 nitrogen and oxygen atoms in total. The molecule has 0 radical (unpaired) electrons. The lowest BCUT2D eigenvalue weighted by Crippen LogP contribution is -1.97. The third-order valence-corrected chi connectivity index (χ3v) is 4.11. The molecule has 1 heterocycles. The third kappa shape index (κ3) is 2.98. The number of carbonyl (C=O) groups is 1. The van der Waals surface area contributed by atoms with Crippen molar-refractivity contribution in [3.8, 4) is 6.07 Å². The molecule has 2 aromatic rings. The van der Waals surface area contributed by atoms with Crippen LogP contribution in [-0.2, 0) is 0 Å². The molecule has 0 saturated heterocycles. The molecule has 1 aromatic heterocycles. The molecule has 0 unspecified atom stereocenters. The largest absolute Gasteiger partial charge is 0.478 e. The van der Waals surface area contributed by atoms with E-state index < -0.39 is 11.8 Å². The molecule has 0 aliphatic heterocycles. The van der Waals surface area contributed by atoms with Gasteiger partial charge in [0.1, 0.15) is 11.1 Å². The van der Waals surface area contributed by atoms with Crippen LogP contribution in [0.3, 0.4) is 0 Å². The van der Waals surface area contributed by atoms with Crippen molar-refractivity contribution >= 4 is 33.7 Å². The monoisotopic (exact) mass is 352 g/mol. The van der Waals surface area contributed by atoms with Gasteiger partial charge >= 0.3 is 5.97 Å². The summed E-state index contributed by atoms with van der Waals surface area (Å²) in [6.07, 6.45) is 1.35. The molecule has 100 valence electrons. The van der Waals surface area contributed by atoms with E-state index in [1.807, 2.05) is 6.07 Å². The normalized spacial score (nSPS) is 10.1. The van der Waals surface area contributed by atoms with Crippen molar-refractivity contribution in [1.82, 2.24) is 4.98 Å². The Morgan fingerprint density at radius 1 is 1.45 bits per heavy atom. The maximum atomic E-state index is 14.0. The molecule has 0 aliphatic rings. The van der Waals surface area contributed by atoms with Crippen LogP contribution in [0, 0.1) is 17.1 Å². The zero-order valence-corrected chi connectivity index (χ0v) is 12.2. The molecule has 1 aromatic carbocycles. The maximum Gasteiger partial charge on any atom is 0.335 e. The lowest BCUT2D eigenvalue weighted by atomic mass is 10.2. The van der Waals surface area contributed by atoms with Gasteiger partial charge in [-0.25, -0.2) is 14.2 Å². The average Bonchev–Trinajstić information content (AvgIpc) is 2.44. The van der Waals surface area contributed by atoms with Crippen molar-refractivity contribution in [2.45, 2.75) is 9.92 Å². The summed E-state index contributed by atoms with van der Waals surface area (Å²) in [5.41, 5.74) is 0.273. The van der Waals surface area contributed by atoms with Crippen LogP contribution in [0.15, 0.2) is 44.9 Å². The maximum absolute atomic E-state index is 14.0. The van der Waals surface area contributed by atoms with E-state index in [0.29, 0.717) is 5.03 Å². The number of halogens is 2. The van der Waals surface area contributed by atoms with E-state index >= 15 is 0 Å². The summed E-state index contributed by atoms with van der Waals surface area (Å²) >= 11 is 4.01. The van der Waals surface area contributed by atoms with Crippen molar-refractivity contribution in [3.05, 3.63) is 51.9 Å². The van der Waals surface area contributed by atoms with Crippen LogP contribution < -0.4 is 0 Å². The topological polar surface area (TPSA) is 74.0 Å². The number of nitrogens with zero attached hydrogens (tertiary/aromatic N) is 2. The molecule has 2 rings (SSSR count). The number of aromatic carboxylic acids is 1. The molecule has 0 atom stereocenters. The Kier molecular flexibility index (Phi) is 4.37. The number of rotatable bonds is 3. The van der Waals surface area contributed by atoms with Gasteiger partial charge in [-0.3, -0.25) is 0 Å². The first-order valence-electron chi connectivity index (χ1n) is 5.28. The first kappa shape index (κ1) is 14.5. The van der Waals surface area contributed by atoms with Gasteiger partial charge in [0.15, 0.2) is 5.82 Å². The number of nitriles is 1. The Balaban J connectivity index is 2.36. The van der Waals surface area contributed by atoms with Crippen LogP contribution in [0.25, 0.3) is 0 Å². The van der Waals surface area contributed by atoms with Gasteiger partial charge in [0, 0.05) is 6.20 Å². The fourth-order valence-corrected chi connectivity index (χ4v) is 2.83. The summed E-state index contributed by atoms with van der Waals surface area (Å²) in [6.45, 7) is 0. The van der Waals surface area contributed by atoms with Crippen molar-refractivity contribution in [3.63, 3.8) is 0 Å². The smallest absolute Gasteiger partial charge is 0.335 e. The van der Waals surface area contributed by atoms with E-state index in [1.54, 1.807) is 0 Å². The highest BCUT2D eigenvalue weighted by Gasteiger charge is 2.13. The minimum absolute atomic E-state index is 0.0793. The fourth-order valence-electron chi connectivity index (χ4n) is 1.41. The number of benzene rings is 1. The van der Waals surface area contributed by atoms with E-state index in [4.69, 9.17) is 10.4 Å². The molecular weight excluding hydrogens is 347 g/mol. The fraction of sp³-hybridized carbons (Fsp3) is 0. The van der Waals surface area contributed by atoms with Crippen molar-refractivity contribution in [1.29, 1.82) is 5.26 Å². The predicted molar refractivity (Wildman–Crippen MR) is 74.1 cm³/mol. The highest BCUT2D eigenvalue weighted by atomic mass is 79.9. The summed E-state index contributed by atoms with van der Waals surface area (Å²) in [6, 6.07) is 7.52. The summed E-state index contributed by atoms with van der Waals surface area (Å²) < 4.78 is 14.1. The zero-order valence-electron chi connectivity index (χ0n) is 9.80. The second kappa shape index (κ2) is 6.03. The van der Waals surface area contributed by atoms with Crippen LogP contribution >= 0.6 is 27.7 Å². The predicted octanol–water partition coefficient (Wildman–Crippen LogP) is 3.70. The van der Waals surface area contributed by atoms with Gasteiger partial charge in [-0.1, -0.05) is 11.8 Å². The van der Waals surface area contributed by atoms with Gasteiger partial charge in [0.2, 0.25) is 0 Å². The van der Waals surface area contributed by atoms with E-state index in [0.717, 1.165) is 11.8 Å². The van der Waals surface area contributed by atoms with Crippen LogP contribution in [0.2, 0.25) is 0 Å². The van der Waals surface area contributed by atoms with E-state index in [1.165, 1.54) is 30.5 Å². The molecule has 0 saturated carbocycles. The van der Waals surface area contributed by atoms with Gasteiger partial charge in [0.05, 0.1) is 20.5 Å². The lowest BCUT2D eigenvalue weighted by molar-refractivity contribution is 0.0696. The molecule has 1 N–H and O–H groups in total. The van der Waals surface area contributed by atoms with Crippen molar-refractivity contribution < 1.29 is 14.3 Å². The summed E-state index contributed by atoms with van der Waals surface area (Å²) in [4.78, 5) is 15.1.